The van der Waals surface area contributed by atoms with Gasteiger partial charge in [0.25, 0.3) is 5.91 Å². The van der Waals surface area contributed by atoms with Gasteiger partial charge in [0.05, 0.1) is 12.2 Å². The van der Waals surface area contributed by atoms with Crippen LogP contribution in [0.4, 0.5) is 5.69 Å². The van der Waals surface area contributed by atoms with Crippen molar-refractivity contribution >= 4 is 23.1 Å². The smallest absolute Gasteiger partial charge is 0.265 e. The summed E-state index contributed by atoms with van der Waals surface area (Å²) in [5, 5.41) is 6.69. The number of amides is 1. The molecule has 1 aromatic carbocycles. The average Bonchev–Trinajstić information content (AvgIpc) is 2.94. The Morgan fingerprint density at radius 2 is 2.15 bits per heavy atom. The average molecular weight is 292 g/mol. The van der Waals surface area contributed by atoms with E-state index in [0.29, 0.717) is 30.1 Å². The molecule has 0 aliphatic rings. The van der Waals surface area contributed by atoms with E-state index in [2.05, 4.69) is 14.9 Å². The molecule has 0 radical (unpaired) electrons. The third kappa shape index (κ3) is 3.67. The van der Waals surface area contributed by atoms with Crippen LogP contribution in [-0.2, 0) is 6.42 Å². The van der Waals surface area contributed by atoms with E-state index in [4.69, 9.17) is 10.5 Å². The lowest BCUT2D eigenvalue weighted by atomic mass is 10.3. The van der Waals surface area contributed by atoms with E-state index < -0.39 is 0 Å². The zero-order chi connectivity index (χ0) is 14.4. The summed E-state index contributed by atoms with van der Waals surface area (Å²) in [5.74, 6) is 0.569. The highest BCUT2D eigenvalue weighted by atomic mass is 32.1. The summed E-state index contributed by atoms with van der Waals surface area (Å²) in [6.07, 6.45) is 0.696. The van der Waals surface area contributed by atoms with Gasteiger partial charge >= 0.3 is 0 Å². The number of aromatic nitrogens is 2. The highest BCUT2D eigenvalue weighted by Gasteiger charge is 2.14. The van der Waals surface area contributed by atoms with Crippen molar-refractivity contribution in [3.05, 3.63) is 34.8 Å². The van der Waals surface area contributed by atoms with E-state index in [-0.39, 0.29) is 5.91 Å². The first-order valence-electron chi connectivity index (χ1n) is 6.28. The van der Waals surface area contributed by atoms with Crippen LogP contribution in [0, 0.1) is 0 Å². The molecule has 2 rings (SSSR count). The molecule has 6 nitrogen and oxygen atoms in total. The van der Waals surface area contributed by atoms with Crippen LogP contribution in [0.5, 0.6) is 5.75 Å². The summed E-state index contributed by atoms with van der Waals surface area (Å²) in [5.41, 5.74) is 7.00. The van der Waals surface area contributed by atoms with Crippen molar-refractivity contribution in [2.24, 2.45) is 0 Å². The lowest BCUT2D eigenvalue weighted by Gasteiger charge is -2.07. The minimum Gasteiger partial charge on any atom is -0.492 e. The lowest BCUT2D eigenvalue weighted by molar-refractivity contribution is 0.0950. The second kappa shape index (κ2) is 6.85. The molecule has 1 aromatic heterocycles. The van der Waals surface area contributed by atoms with Crippen LogP contribution in [0.3, 0.4) is 0 Å². The molecule has 20 heavy (non-hydrogen) atoms. The van der Waals surface area contributed by atoms with Crippen LogP contribution in [0.2, 0.25) is 0 Å². The predicted octanol–water partition coefficient (Wildman–Crippen LogP) is 1.49. The summed E-state index contributed by atoms with van der Waals surface area (Å²) in [6.45, 7) is 2.76. The Hall–Kier alpha value is -2.15. The van der Waals surface area contributed by atoms with Gasteiger partial charge in [-0.3, -0.25) is 4.79 Å². The van der Waals surface area contributed by atoms with Gasteiger partial charge < -0.3 is 15.8 Å². The number of carbonyl (C=O) groups excluding carboxylic acids is 1. The van der Waals surface area contributed by atoms with E-state index >= 15 is 0 Å². The number of ether oxygens (including phenoxy) is 1. The Balaban J connectivity index is 1.76. The molecule has 2 aromatic rings. The molecule has 0 atom stereocenters. The van der Waals surface area contributed by atoms with Gasteiger partial charge in [0.15, 0.2) is 0 Å². The van der Waals surface area contributed by atoms with Gasteiger partial charge in [-0.1, -0.05) is 11.4 Å². The minimum atomic E-state index is -0.155. The molecule has 106 valence electrons. The van der Waals surface area contributed by atoms with Crippen molar-refractivity contribution in [3.63, 3.8) is 0 Å². The molecule has 0 spiro atoms. The number of benzene rings is 1. The van der Waals surface area contributed by atoms with Crippen LogP contribution < -0.4 is 15.8 Å². The number of nitrogens with one attached hydrogen (secondary N) is 1. The minimum absolute atomic E-state index is 0.155. The fraction of sp³-hybridized carbons (Fsp3) is 0.308. The van der Waals surface area contributed by atoms with Gasteiger partial charge in [-0.2, -0.15) is 0 Å². The Kier molecular flexibility index (Phi) is 4.89. The highest BCUT2D eigenvalue weighted by molar-refractivity contribution is 7.08. The fourth-order valence-corrected chi connectivity index (χ4v) is 2.26. The molecule has 0 fully saturated rings. The third-order valence-corrected chi connectivity index (χ3v) is 3.40. The molecule has 1 heterocycles. The molecule has 0 saturated heterocycles. The van der Waals surface area contributed by atoms with Crippen LogP contribution >= 0.6 is 11.5 Å². The normalized spacial score (nSPS) is 10.2. The third-order valence-electron chi connectivity index (χ3n) is 2.63. The quantitative estimate of drug-likeness (QED) is 0.622. The number of hydrogen-bond acceptors (Lipinski definition) is 6. The predicted molar refractivity (Wildman–Crippen MR) is 78.0 cm³/mol. The molecule has 7 heteroatoms. The summed E-state index contributed by atoms with van der Waals surface area (Å²) in [7, 11) is 0. The van der Waals surface area contributed by atoms with Crippen molar-refractivity contribution in [2.45, 2.75) is 13.3 Å². The van der Waals surface area contributed by atoms with Gasteiger partial charge in [-0.25, -0.2) is 0 Å². The zero-order valence-electron chi connectivity index (χ0n) is 11.1. The first kappa shape index (κ1) is 14.3. The number of nitrogen functional groups attached to an aromatic ring is 1. The maximum Gasteiger partial charge on any atom is 0.265 e. The Labute approximate surface area is 121 Å². The van der Waals surface area contributed by atoms with Crippen LogP contribution in [0.25, 0.3) is 0 Å². The second-order valence-electron chi connectivity index (χ2n) is 4.08. The number of carbonyl (C=O) groups is 1. The topological polar surface area (TPSA) is 90.1 Å². The second-order valence-corrected chi connectivity index (χ2v) is 4.83. The summed E-state index contributed by atoms with van der Waals surface area (Å²) in [4.78, 5) is 12.5. The van der Waals surface area contributed by atoms with E-state index in [1.54, 1.807) is 24.3 Å². The Morgan fingerprint density at radius 1 is 1.40 bits per heavy atom. The molecule has 0 bridgehead atoms. The Morgan fingerprint density at radius 3 is 2.85 bits per heavy atom. The molecular formula is C13H16N4O2S. The van der Waals surface area contributed by atoms with Gasteiger partial charge in [0.2, 0.25) is 0 Å². The van der Waals surface area contributed by atoms with Gasteiger partial charge in [0, 0.05) is 5.69 Å². The van der Waals surface area contributed by atoms with Crippen LogP contribution in [0.1, 0.15) is 22.3 Å². The van der Waals surface area contributed by atoms with Crippen LogP contribution in [-0.4, -0.2) is 28.6 Å². The van der Waals surface area contributed by atoms with Crippen molar-refractivity contribution in [3.8, 4) is 5.75 Å². The largest absolute Gasteiger partial charge is 0.492 e. The molecule has 0 aliphatic carbocycles. The summed E-state index contributed by atoms with van der Waals surface area (Å²) < 4.78 is 9.27. The number of hydrogen-bond donors (Lipinski definition) is 2. The maximum absolute atomic E-state index is 11.9. The summed E-state index contributed by atoms with van der Waals surface area (Å²) in [6, 6.07) is 7.12. The van der Waals surface area contributed by atoms with E-state index in [0.717, 1.165) is 23.0 Å². The van der Waals surface area contributed by atoms with Crippen molar-refractivity contribution in [1.29, 1.82) is 0 Å². The monoisotopic (exact) mass is 292 g/mol. The number of aryl methyl sites for hydroxylation is 1. The first-order chi connectivity index (χ1) is 9.70. The first-order valence-corrected chi connectivity index (χ1v) is 7.05. The van der Waals surface area contributed by atoms with Crippen molar-refractivity contribution in [1.82, 2.24) is 14.9 Å². The molecular weight excluding hydrogens is 276 g/mol. The van der Waals surface area contributed by atoms with E-state index in [1.807, 2.05) is 6.92 Å². The number of nitrogens with two attached hydrogens (primary N) is 1. The SMILES string of the molecule is CCc1nnsc1C(=O)NCCOc1ccc(N)cc1. The van der Waals surface area contributed by atoms with Gasteiger partial charge in [0.1, 0.15) is 17.2 Å². The molecule has 0 aliphatic heterocycles. The molecule has 3 N–H and O–H groups in total. The number of rotatable bonds is 6. The zero-order valence-corrected chi connectivity index (χ0v) is 11.9. The van der Waals surface area contributed by atoms with Crippen molar-refractivity contribution in [2.75, 3.05) is 18.9 Å². The number of nitrogens with zero attached hydrogens (tertiary/aromatic N) is 2. The maximum atomic E-state index is 11.9. The molecule has 1 amide bonds. The van der Waals surface area contributed by atoms with Crippen molar-refractivity contribution < 1.29 is 9.53 Å². The van der Waals surface area contributed by atoms with Gasteiger partial charge in [-0.15, -0.1) is 5.10 Å². The lowest BCUT2D eigenvalue weighted by Crippen LogP contribution is -2.28. The molecule has 0 unspecified atom stereocenters. The van der Waals surface area contributed by atoms with Gasteiger partial charge in [-0.05, 0) is 42.2 Å². The van der Waals surface area contributed by atoms with Crippen LogP contribution in [0.15, 0.2) is 24.3 Å². The Bertz CT molecular complexity index is 568. The fourth-order valence-electron chi connectivity index (χ4n) is 1.59. The number of anilines is 1. The van der Waals surface area contributed by atoms with E-state index in [1.165, 1.54) is 0 Å². The molecule has 0 saturated carbocycles. The van der Waals surface area contributed by atoms with E-state index in [9.17, 15) is 4.79 Å². The highest BCUT2D eigenvalue weighted by Crippen LogP contribution is 2.13. The standard InChI is InChI=1S/C13H16N4O2S/c1-2-11-12(20-17-16-11)13(18)15-7-8-19-10-5-3-9(14)4-6-10/h3-6H,2,7-8,14H2,1H3,(H,15,18). The summed E-state index contributed by atoms with van der Waals surface area (Å²) >= 11 is 1.11.